The fourth-order valence-electron chi connectivity index (χ4n) is 4.23. The zero-order valence-corrected chi connectivity index (χ0v) is 16.3. The second-order valence-corrected chi connectivity index (χ2v) is 8.39. The maximum absolute atomic E-state index is 13.0. The molecule has 2 aliphatic rings. The number of likely N-dealkylation sites (tertiary alicyclic amines) is 1. The number of anilines is 1. The maximum Gasteiger partial charge on any atom is 0.274 e. The van der Waals surface area contributed by atoms with Crippen LogP contribution in [0.25, 0.3) is 0 Å². The molecule has 1 N–H and O–H groups in total. The lowest BCUT2D eigenvalue weighted by atomic mass is 9.83. The number of fused-ring (bicyclic) bond motifs is 4. The predicted molar refractivity (Wildman–Crippen MR) is 106 cm³/mol. The molecule has 1 saturated heterocycles. The first-order valence-corrected chi connectivity index (χ1v) is 10.3. The third kappa shape index (κ3) is 3.80. The van der Waals surface area contributed by atoms with Crippen molar-refractivity contribution in [2.75, 3.05) is 32.1 Å². The van der Waals surface area contributed by atoms with Gasteiger partial charge in [-0.05, 0) is 35.9 Å². The molecule has 1 fully saturated rings. The van der Waals surface area contributed by atoms with Crippen LogP contribution in [0.1, 0.15) is 29.3 Å². The van der Waals surface area contributed by atoms with Crippen molar-refractivity contribution in [3.05, 3.63) is 50.6 Å². The van der Waals surface area contributed by atoms with E-state index < -0.39 is 0 Å². The summed E-state index contributed by atoms with van der Waals surface area (Å²) in [6, 6.07) is 8.03. The van der Waals surface area contributed by atoms with Crippen LogP contribution >= 0.6 is 11.3 Å². The number of hydrogen-bond donors (Lipinski definition) is 1. The van der Waals surface area contributed by atoms with Gasteiger partial charge < -0.3 is 19.5 Å². The third-order valence-corrected chi connectivity index (χ3v) is 6.39. The van der Waals surface area contributed by atoms with Crippen LogP contribution in [0.5, 0.6) is 0 Å². The Morgan fingerprint density at radius 1 is 1.30 bits per heavy atom. The molecule has 2 aromatic heterocycles. The van der Waals surface area contributed by atoms with Crippen molar-refractivity contribution in [2.24, 2.45) is 5.92 Å². The van der Waals surface area contributed by atoms with Crippen molar-refractivity contribution in [1.29, 1.82) is 0 Å². The fourth-order valence-corrected chi connectivity index (χ4v) is 4.87. The monoisotopic (exact) mass is 387 g/mol. The van der Waals surface area contributed by atoms with Crippen molar-refractivity contribution in [3.8, 4) is 0 Å². The topological polar surface area (TPSA) is 63.6 Å². The molecular formula is C20H25N3O3S. The van der Waals surface area contributed by atoms with Crippen LogP contribution in [-0.4, -0.2) is 42.2 Å². The molecule has 4 rings (SSSR count). The Labute approximate surface area is 162 Å². The molecule has 0 radical (unpaired) electrons. The van der Waals surface area contributed by atoms with Gasteiger partial charge >= 0.3 is 0 Å². The molecule has 1 amide bonds. The number of nitrogens with zero attached hydrogens (tertiary/aromatic N) is 2. The number of ether oxygens (including phenoxy) is 1. The normalized spacial score (nSPS) is 21.0. The standard InChI is InChI=1S/C20H25N3O3S/c1-26-7-6-19(24)22-11-14-9-15(13-22)18-5-4-17(20(25)23(18)12-14)21-10-16-3-2-8-27-16/h2-5,8,14-15,21H,6-7,9-13H2,1H3. The van der Waals surface area contributed by atoms with Gasteiger partial charge in [0.25, 0.3) is 5.56 Å². The second-order valence-electron chi connectivity index (χ2n) is 7.36. The average Bonchev–Trinajstić information content (AvgIpc) is 3.19. The lowest BCUT2D eigenvalue weighted by Gasteiger charge is -2.43. The molecule has 2 bridgehead atoms. The van der Waals surface area contributed by atoms with Gasteiger partial charge in [0.15, 0.2) is 0 Å². The highest BCUT2D eigenvalue weighted by atomic mass is 32.1. The van der Waals surface area contributed by atoms with Crippen molar-refractivity contribution in [1.82, 2.24) is 9.47 Å². The number of amides is 1. The zero-order valence-electron chi connectivity index (χ0n) is 15.5. The lowest BCUT2D eigenvalue weighted by molar-refractivity contribution is -0.134. The molecule has 144 valence electrons. The molecule has 0 aromatic carbocycles. The number of methoxy groups -OCH3 is 1. The summed E-state index contributed by atoms with van der Waals surface area (Å²) < 4.78 is 6.96. The lowest BCUT2D eigenvalue weighted by Crippen LogP contribution is -2.49. The molecule has 27 heavy (non-hydrogen) atoms. The molecule has 7 heteroatoms. The van der Waals surface area contributed by atoms with Crippen molar-refractivity contribution in [3.63, 3.8) is 0 Å². The van der Waals surface area contributed by atoms with Crippen molar-refractivity contribution < 1.29 is 9.53 Å². The van der Waals surface area contributed by atoms with Gasteiger partial charge in [0.1, 0.15) is 5.69 Å². The molecule has 0 saturated carbocycles. The van der Waals surface area contributed by atoms with Crippen LogP contribution in [0.15, 0.2) is 34.4 Å². The number of rotatable bonds is 6. The Hall–Kier alpha value is -2.12. The summed E-state index contributed by atoms with van der Waals surface area (Å²) in [4.78, 5) is 28.5. The van der Waals surface area contributed by atoms with E-state index in [1.807, 2.05) is 27.0 Å². The molecule has 0 aliphatic carbocycles. The van der Waals surface area contributed by atoms with E-state index in [4.69, 9.17) is 4.74 Å². The van der Waals surface area contributed by atoms with Gasteiger partial charge in [-0.1, -0.05) is 6.07 Å². The molecule has 4 heterocycles. The van der Waals surface area contributed by atoms with E-state index in [-0.39, 0.29) is 17.4 Å². The number of carbonyl (C=O) groups is 1. The Balaban J connectivity index is 1.51. The molecule has 2 aromatic rings. The van der Waals surface area contributed by atoms with E-state index in [9.17, 15) is 9.59 Å². The summed E-state index contributed by atoms with van der Waals surface area (Å²) in [7, 11) is 1.62. The Kier molecular flexibility index (Phi) is 5.31. The van der Waals surface area contributed by atoms with E-state index in [1.165, 1.54) is 4.88 Å². The van der Waals surface area contributed by atoms with Crippen LogP contribution < -0.4 is 10.9 Å². The van der Waals surface area contributed by atoms with E-state index in [1.54, 1.807) is 18.4 Å². The fraction of sp³-hybridized carbons (Fsp3) is 0.500. The van der Waals surface area contributed by atoms with Gasteiger partial charge in [0, 0.05) is 49.8 Å². The first-order valence-electron chi connectivity index (χ1n) is 9.42. The highest BCUT2D eigenvalue weighted by molar-refractivity contribution is 7.09. The SMILES string of the molecule is COCCC(=O)N1CC2CC(C1)c1ccc(NCc3cccs3)c(=O)n1C2. The molecule has 0 spiro atoms. The first kappa shape index (κ1) is 18.3. The summed E-state index contributed by atoms with van der Waals surface area (Å²) in [5.41, 5.74) is 1.76. The van der Waals surface area contributed by atoms with Gasteiger partial charge in [-0.3, -0.25) is 9.59 Å². The van der Waals surface area contributed by atoms with Gasteiger partial charge in [-0.2, -0.15) is 0 Å². The van der Waals surface area contributed by atoms with Gasteiger partial charge in [0.05, 0.1) is 13.0 Å². The van der Waals surface area contributed by atoms with Crippen LogP contribution in [0.2, 0.25) is 0 Å². The van der Waals surface area contributed by atoms with Crippen LogP contribution in [0.3, 0.4) is 0 Å². The van der Waals surface area contributed by atoms with E-state index >= 15 is 0 Å². The first-order chi connectivity index (χ1) is 13.2. The van der Waals surface area contributed by atoms with E-state index in [0.717, 1.165) is 18.7 Å². The minimum Gasteiger partial charge on any atom is -0.384 e. The summed E-state index contributed by atoms with van der Waals surface area (Å²) in [6.45, 7) is 3.24. The molecule has 2 unspecified atom stereocenters. The largest absolute Gasteiger partial charge is 0.384 e. The second kappa shape index (κ2) is 7.86. The third-order valence-electron chi connectivity index (χ3n) is 5.51. The van der Waals surface area contributed by atoms with Gasteiger partial charge in [-0.25, -0.2) is 0 Å². The number of carbonyl (C=O) groups excluding carboxylic acids is 1. The number of nitrogens with one attached hydrogen (secondary N) is 1. The number of aromatic nitrogens is 1. The highest BCUT2D eigenvalue weighted by Gasteiger charge is 2.36. The molecule has 2 aliphatic heterocycles. The molecular weight excluding hydrogens is 362 g/mol. The van der Waals surface area contributed by atoms with E-state index in [2.05, 4.69) is 17.4 Å². The number of thiophene rings is 1. The number of piperidine rings is 1. The highest BCUT2D eigenvalue weighted by Crippen LogP contribution is 2.35. The number of pyridine rings is 1. The molecule has 6 nitrogen and oxygen atoms in total. The van der Waals surface area contributed by atoms with Crippen LogP contribution in [0.4, 0.5) is 5.69 Å². The Morgan fingerprint density at radius 3 is 2.96 bits per heavy atom. The summed E-state index contributed by atoms with van der Waals surface area (Å²) in [5.74, 6) is 0.729. The van der Waals surface area contributed by atoms with Crippen molar-refractivity contribution >= 4 is 22.9 Å². The quantitative estimate of drug-likeness (QED) is 0.827. The van der Waals surface area contributed by atoms with Gasteiger partial charge in [0.2, 0.25) is 5.91 Å². The predicted octanol–water partition coefficient (Wildman–Crippen LogP) is 2.50. The smallest absolute Gasteiger partial charge is 0.274 e. The average molecular weight is 388 g/mol. The van der Waals surface area contributed by atoms with Crippen LogP contribution in [0, 0.1) is 5.92 Å². The number of hydrogen-bond acceptors (Lipinski definition) is 5. The summed E-state index contributed by atoms with van der Waals surface area (Å²) in [6.07, 6.45) is 1.48. The Bertz CT molecular complexity index is 862. The summed E-state index contributed by atoms with van der Waals surface area (Å²) in [5, 5.41) is 5.32. The van der Waals surface area contributed by atoms with E-state index in [0.29, 0.717) is 44.3 Å². The Morgan fingerprint density at radius 2 is 2.19 bits per heavy atom. The minimum atomic E-state index is 0.0536. The maximum atomic E-state index is 13.0. The van der Waals surface area contributed by atoms with Gasteiger partial charge in [-0.15, -0.1) is 11.3 Å². The minimum absolute atomic E-state index is 0.0536. The molecule has 2 atom stereocenters. The van der Waals surface area contributed by atoms with Crippen LogP contribution in [-0.2, 0) is 22.6 Å². The zero-order chi connectivity index (χ0) is 18.8. The summed E-state index contributed by atoms with van der Waals surface area (Å²) >= 11 is 1.68. The van der Waals surface area contributed by atoms with Crippen molar-refractivity contribution in [2.45, 2.75) is 31.8 Å².